The number of rotatable bonds is 4. The van der Waals surface area contributed by atoms with E-state index in [9.17, 15) is 0 Å². The highest BCUT2D eigenvalue weighted by atomic mass is 16.5. The summed E-state index contributed by atoms with van der Waals surface area (Å²) in [4.78, 5) is 0. The van der Waals surface area contributed by atoms with Crippen LogP contribution in [0, 0.1) is 26.2 Å². The van der Waals surface area contributed by atoms with Crippen LogP contribution in [0.25, 0.3) is 0 Å². The first-order valence-electron chi connectivity index (χ1n) is 5.67. The van der Waals surface area contributed by atoms with Gasteiger partial charge in [-0.1, -0.05) is 19.9 Å². The maximum atomic E-state index is 9.16. The van der Waals surface area contributed by atoms with Crippen molar-refractivity contribution in [3.8, 4) is 5.75 Å². The Hall–Kier alpha value is -1.02. The maximum Gasteiger partial charge on any atom is 0.122 e. The quantitative estimate of drug-likeness (QED) is 0.848. The highest BCUT2D eigenvalue weighted by Crippen LogP contribution is 2.24. The zero-order valence-corrected chi connectivity index (χ0v) is 10.9. The number of benzene rings is 1. The van der Waals surface area contributed by atoms with Gasteiger partial charge in [-0.2, -0.15) is 0 Å². The van der Waals surface area contributed by atoms with Crippen LogP contribution in [0.1, 0.15) is 30.5 Å². The van der Waals surface area contributed by atoms with Gasteiger partial charge in [-0.15, -0.1) is 0 Å². The van der Waals surface area contributed by atoms with Crippen LogP contribution in [0.15, 0.2) is 12.1 Å². The third-order valence-corrected chi connectivity index (χ3v) is 2.84. The molecule has 0 unspecified atom stereocenters. The van der Waals surface area contributed by atoms with E-state index < -0.39 is 0 Å². The summed E-state index contributed by atoms with van der Waals surface area (Å²) >= 11 is 0. The fourth-order valence-electron chi connectivity index (χ4n) is 1.41. The second kappa shape index (κ2) is 4.88. The Kier molecular flexibility index (Phi) is 3.98. The zero-order valence-electron chi connectivity index (χ0n) is 10.9. The molecule has 1 N–H and O–H groups in total. The fourth-order valence-corrected chi connectivity index (χ4v) is 1.41. The van der Waals surface area contributed by atoms with Gasteiger partial charge in [0.15, 0.2) is 0 Å². The molecule has 0 aliphatic rings. The standard InChI is InChI=1S/C14H22O2/c1-10-6-12(3)13(7-11(10)2)16-9-14(4,5)8-15/h6-7,15H,8-9H2,1-5H3. The average molecular weight is 222 g/mol. The molecule has 0 aliphatic carbocycles. The number of ether oxygens (including phenoxy) is 1. The monoisotopic (exact) mass is 222 g/mol. The number of hydrogen-bond acceptors (Lipinski definition) is 2. The highest BCUT2D eigenvalue weighted by molar-refractivity contribution is 5.40. The van der Waals surface area contributed by atoms with Crippen molar-refractivity contribution in [3.05, 3.63) is 28.8 Å². The van der Waals surface area contributed by atoms with Crippen LogP contribution in [0.4, 0.5) is 0 Å². The zero-order chi connectivity index (χ0) is 12.3. The van der Waals surface area contributed by atoms with Crippen LogP contribution in [0.5, 0.6) is 5.75 Å². The Labute approximate surface area is 98.3 Å². The third kappa shape index (κ3) is 3.24. The topological polar surface area (TPSA) is 29.5 Å². The van der Waals surface area contributed by atoms with E-state index in [2.05, 4.69) is 26.0 Å². The van der Waals surface area contributed by atoms with E-state index in [4.69, 9.17) is 9.84 Å². The Bertz CT molecular complexity index is 367. The molecule has 1 rings (SSSR count). The van der Waals surface area contributed by atoms with Gasteiger partial charge in [0, 0.05) is 5.41 Å². The van der Waals surface area contributed by atoms with Crippen molar-refractivity contribution in [2.45, 2.75) is 34.6 Å². The molecule has 0 heterocycles. The molecule has 0 amide bonds. The third-order valence-electron chi connectivity index (χ3n) is 2.84. The molecule has 0 aromatic heterocycles. The lowest BCUT2D eigenvalue weighted by molar-refractivity contribution is 0.0971. The summed E-state index contributed by atoms with van der Waals surface area (Å²) in [6.45, 7) is 10.9. The van der Waals surface area contributed by atoms with E-state index in [0.717, 1.165) is 11.3 Å². The van der Waals surface area contributed by atoms with E-state index in [0.29, 0.717) is 6.61 Å². The van der Waals surface area contributed by atoms with Gasteiger partial charge < -0.3 is 9.84 Å². The Morgan fingerprint density at radius 2 is 1.62 bits per heavy atom. The van der Waals surface area contributed by atoms with E-state index in [-0.39, 0.29) is 12.0 Å². The molecule has 90 valence electrons. The van der Waals surface area contributed by atoms with Crippen LogP contribution < -0.4 is 4.74 Å². The van der Waals surface area contributed by atoms with Crippen molar-refractivity contribution in [1.29, 1.82) is 0 Å². The SMILES string of the molecule is Cc1cc(C)c(OCC(C)(C)CO)cc1C. The summed E-state index contributed by atoms with van der Waals surface area (Å²) in [6.07, 6.45) is 0. The van der Waals surface area contributed by atoms with Gasteiger partial charge in [-0.3, -0.25) is 0 Å². The van der Waals surface area contributed by atoms with Crippen LogP contribution in [-0.4, -0.2) is 18.3 Å². The van der Waals surface area contributed by atoms with Gasteiger partial charge in [0.2, 0.25) is 0 Å². The van der Waals surface area contributed by atoms with E-state index in [1.807, 2.05) is 20.8 Å². The van der Waals surface area contributed by atoms with E-state index in [1.54, 1.807) is 0 Å². The molecular formula is C14H22O2. The first kappa shape index (κ1) is 13.0. The predicted molar refractivity (Wildman–Crippen MR) is 67.0 cm³/mol. The van der Waals surface area contributed by atoms with Gasteiger partial charge >= 0.3 is 0 Å². The van der Waals surface area contributed by atoms with E-state index in [1.165, 1.54) is 11.1 Å². The molecule has 0 saturated heterocycles. The highest BCUT2D eigenvalue weighted by Gasteiger charge is 2.18. The largest absolute Gasteiger partial charge is 0.493 e. The summed E-state index contributed by atoms with van der Waals surface area (Å²) in [7, 11) is 0. The first-order chi connectivity index (χ1) is 7.35. The second-order valence-corrected chi connectivity index (χ2v) is 5.31. The second-order valence-electron chi connectivity index (χ2n) is 5.31. The van der Waals surface area contributed by atoms with Crippen molar-refractivity contribution in [1.82, 2.24) is 0 Å². The molecule has 0 radical (unpaired) electrons. The van der Waals surface area contributed by atoms with Crippen molar-refractivity contribution >= 4 is 0 Å². The van der Waals surface area contributed by atoms with Gasteiger partial charge in [0.25, 0.3) is 0 Å². The van der Waals surface area contributed by atoms with Gasteiger partial charge in [0.1, 0.15) is 5.75 Å². The molecule has 2 nitrogen and oxygen atoms in total. The molecule has 0 bridgehead atoms. The number of aryl methyl sites for hydroxylation is 3. The minimum absolute atomic E-state index is 0.136. The van der Waals surface area contributed by atoms with Gasteiger partial charge in [0.05, 0.1) is 13.2 Å². The molecule has 2 heteroatoms. The van der Waals surface area contributed by atoms with Gasteiger partial charge in [-0.05, 0) is 43.5 Å². The van der Waals surface area contributed by atoms with Crippen LogP contribution in [0.2, 0.25) is 0 Å². The molecule has 1 aromatic carbocycles. The maximum absolute atomic E-state index is 9.16. The van der Waals surface area contributed by atoms with Crippen LogP contribution in [0.3, 0.4) is 0 Å². The lowest BCUT2D eigenvalue weighted by Gasteiger charge is -2.22. The molecule has 0 atom stereocenters. The van der Waals surface area contributed by atoms with Crippen molar-refractivity contribution in [2.75, 3.05) is 13.2 Å². The fraction of sp³-hybridized carbons (Fsp3) is 0.571. The van der Waals surface area contributed by atoms with Crippen LogP contribution >= 0.6 is 0 Å². The predicted octanol–water partition coefficient (Wildman–Crippen LogP) is 3.01. The minimum Gasteiger partial charge on any atom is -0.493 e. The molecule has 0 saturated carbocycles. The average Bonchev–Trinajstić information content (AvgIpc) is 2.22. The lowest BCUT2D eigenvalue weighted by Crippen LogP contribution is -2.25. The van der Waals surface area contributed by atoms with E-state index >= 15 is 0 Å². The Morgan fingerprint density at radius 3 is 2.19 bits per heavy atom. The molecule has 1 aromatic rings. The van der Waals surface area contributed by atoms with Crippen molar-refractivity contribution in [3.63, 3.8) is 0 Å². The lowest BCUT2D eigenvalue weighted by atomic mass is 9.96. The van der Waals surface area contributed by atoms with Crippen molar-refractivity contribution < 1.29 is 9.84 Å². The van der Waals surface area contributed by atoms with Crippen molar-refractivity contribution in [2.24, 2.45) is 5.41 Å². The summed E-state index contributed by atoms with van der Waals surface area (Å²) in [5, 5.41) is 9.16. The molecule has 16 heavy (non-hydrogen) atoms. The number of aliphatic hydroxyl groups excluding tert-OH is 1. The number of hydrogen-bond donors (Lipinski definition) is 1. The summed E-state index contributed by atoms with van der Waals surface area (Å²) in [5.41, 5.74) is 3.48. The summed E-state index contributed by atoms with van der Waals surface area (Å²) in [5.74, 6) is 0.921. The summed E-state index contributed by atoms with van der Waals surface area (Å²) in [6, 6.07) is 4.20. The molecule has 0 aliphatic heterocycles. The normalized spacial score (nSPS) is 11.6. The smallest absolute Gasteiger partial charge is 0.122 e. The molecule has 0 spiro atoms. The summed E-state index contributed by atoms with van der Waals surface area (Å²) < 4.78 is 5.77. The number of aliphatic hydroxyl groups is 1. The van der Waals surface area contributed by atoms with Crippen LogP contribution in [-0.2, 0) is 0 Å². The minimum atomic E-state index is -0.189. The first-order valence-corrected chi connectivity index (χ1v) is 5.67. The molecule has 0 fully saturated rings. The van der Waals surface area contributed by atoms with Gasteiger partial charge in [-0.25, -0.2) is 0 Å². The molecular weight excluding hydrogens is 200 g/mol. The Balaban J connectivity index is 2.79. The Morgan fingerprint density at radius 1 is 1.06 bits per heavy atom.